The fourth-order valence-corrected chi connectivity index (χ4v) is 2.65. The van der Waals surface area contributed by atoms with Crippen molar-refractivity contribution in [3.8, 4) is 0 Å². The van der Waals surface area contributed by atoms with E-state index in [2.05, 4.69) is 0 Å². The van der Waals surface area contributed by atoms with Crippen molar-refractivity contribution in [3.63, 3.8) is 0 Å². The first-order chi connectivity index (χ1) is 8.71. The number of sulfonamides is 1. The number of hydrogen-bond donors (Lipinski definition) is 1. The van der Waals surface area contributed by atoms with Crippen LogP contribution in [-0.2, 0) is 20.4 Å². The number of halogens is 10. The summed E-state index contributed by atoms with van der Waals surface area (Å²) in [4.78, 5) is 0. The maximum absolute atomic E-state index is 12.7. The van der Waals surface area contributed by atoms with Gasteiger partial charge in [-0.15, -0.1) is 0 Å². The third-order valence-electron chi connectivity index (χ3n) is 1.66. The predicted octanol–water partition coefficient (Wildman–Crippen LogP) is -1.34. The van der Waals surface area contributed by atoms with Gasteiger partial charge < -0.3 is 1.43 Å². The Bertz CT molecular complexity index is 615. The molecule has 0 radical (unpaired) electrons. The van der Waals surface area contributed by atoms with Crippen LogP contribution in [-0.4, -0.2) is 40.1 Å². The number of nitrogens with one attached hydrogen (secondary N) is 1. The molecule has 130 valence electrons. The van der Waals surface area contributed by atoms with Crippen LogP contribution in [0.4, 0.5) is 43.4 Å². The van der Waals surface area contributed by atoms with Crippen LogP contribution in [0.25, 0.3) is 0 Å². The van der Waals surface area contributed by atoms with Gasteiger partial charge in [0.25, 0.3) is 10.0 Å². The van der Waals surface area contributed by atoms with Crippen LogP contribution in [0.15, 0.2) is 0 Å². The Morgan fingerprint density at radius 1 is 0.727 bits per heavy atom. The van der Waals surface area contributed by atoms with Crippen molar-refractivity contribution in [1.82, 2.24) is 4.13 Å². The van der Waals surface area contributed by atoms with E-state index in [1.54, 1.807) is 0 Å². The molecule has 0 aliphatic carbocycles. The first kappa shape index (κ1) is 25.0. The van der Waals surface area contributed by atoms with Gasteiger partial charge in [-0.1, -0.05) is 8.01 Å². The van der Waals surface area contributed by atoms with Crippen LogP contribution in [0, 0.1) is 0 Å². The van der Waals surface area contributed by atoms with Gasteiger partial charge in [-0.05, 0) is 0 Å². The Balaban J connectivity index is -0.00000200. The van der Waals surface area contributed by atoms with E-state index in [1.807, 2.05) is 0 Å². The van der Waals surface area contributed by atoms with Crippen LogP contribution in [0.1, 0.15) is 1.43 Å². The van der Waals surface area contributed by atoms with Gasteiger partial charge in [0, 0.05) is 0 Å². The summed E-state index contributed by atoms with van der Waals surface area (Å²) < 4.78 is 161. The second-order valence-electron chi connectivity index (χ2n) is 3.19. The molecule has 0 rings (SSSR count). The van der Waals surface area contributed by atoms with Crippen molar-refractivity contribution in [2.45, 2.75) is 23.3 Å². The van der Waals surface area contributed by atoms with Gasteiger partial charge in [0.2, 0.25) is 0 Å². The van der Waals surface area contributed by atoms with Crippen molar-refractivity contribution in [2.75, 3.05) is 0 Å². The van der Waals surface area contributed by atoms with Crippen LogP contribution in [0.3, 0.4) is 0 Å². The molecule has 0 fully saturated rings. The molecule has 22 heavy (non-hydrogen) atoms. The van der Waals surface area contributed by atoms with Gasteiger partial charge in [-0.25, -0.2) is 8.42 Å². The molecule has 0 saturated carbocycles. The van der Waals surface area contributed by atoms with Crippen molar-refractivity contribution < 1.29 is 113 Å². The second kappa shape index (κ2) is 6.60. The van der Waals surface area contributed by atoms with Gasteiger partial charge in [-0.2, -0.15) is 47.9 Å². The van der Waals surface area contributed by atoms with E-state index >= 15 is 0 Å². The van der Waals surface area contributed by atoms with E-state index in [-0.39, 0.29) is 52.8 Å². The van der Waals surface area contributed by atoms with E-state index in [0.717, 1.165) is 0 Å². The molecule has 0 heterocycles. The Kier molecular flexibility index (Phi) is 7.51. The first-order valence-corrected chi connectivity index (χ1v) is 6.75. The summed E-state index contributed by atoms with van der Waals surface area (Å²) in [5.74, 6) is -15.2. The molecule has 0 atom stereocenters. The molecule has 5 nitrogen and oxygen atoms in total. The summed E-state index contributed by atoms with van der Waals surface area (Å²) >= 11 is 0. The molecule has 18 heteroatoms. The molecule has 0 spiro atoms. The minimum atomic E-state index is -7.64. The van der Waals surface area contributed by atoms with Crippen molar-refractivity contribution in [3.05, 3.63) is 0 Å². The van der Waals surface area contributed by atoms with Crippen LogP contribution in [0.2, 0.25) is 0 Å². The topological polar surface area (TPSA) is 80.3 Å². The van der Waals surface area contributed by atoms with Crippen molar-refractivity contribution in [1.29, 1.82) is 0 Å². The zero-order valence-corrected chi connectivity index (χ0v) is 14.5. The van der Waals surface area contributed by atoms with Crippen molar-refractivity contribution >= 4 is 20.4 Å². The Labute approximate surface area is 159 Å². The van der Waals surface area contributed by atoms with Gasteiger partial charge in [0.05, 0.1) is 0 Å². The van der Waals surface area contributed by atoms with Crippen LogP contribution in [0.5, 0.6) is 0 Å². The molecule has 1 N–H and O–H groups in total. The van der Waals surface area contributed by atoms with E-state index < -0.39 is 47.8 Å². The van der Waals surface area contributed by atoms with Crippen molar-refractivity contribution in [2.24, 2.45) is 0 Å². The molecular weight excluding hydrogens is 419 g/mol. The molecule has 0 bridgehead atoms. The zero-order chi connectivity index (χ0) is 17.7. The fourth-order valence-electron chi connectivity index (χ4n) is 0.713. The van der Waals surface area contributed by atoms with Gasteiger partial charge in [0.15, 0.2) is 0 Å². The maximum atomic E-state index is 12.7. The summed E-state index contributed by atoms with van der Waals surface area (Å²) in [6, 6.07) is 0. The summed E-state index contributed by atoms with van der Waals surface area (Å²) in [5.41, 5.74) is 0. The predicted molar refractivity (Wildman–Crippen MR) is 44.1 cm³/mol. The van der Waals surface area contributed by atoms with E-state index in [0.29, 0.717) is 0 Å². The molecule has 0 aliphatic heterocycles. The quantitative estimate of drug-likeness (QED) is 0.339. The Morgan fingerprint density at radius 2 is 1.05 bits per heavy atom. The smallest absolute Gasteiger partial charge is 1.00 e. The normalized spacial score (nSPS) is 15.4. The summed E-state index contributed by atoms with van der Waals surface area (Å²) in [6.45, 7) is 0. The van der Waals surface area contributed by atoms with Crippen LogP contribution < -0.4 is 55.5 Å². The molecule has 0 unspecified atom stereocenters. The minimum Gasteiger partial charge on any atom is -1.00 e. The molecule has 0 aromatic heterocycles. The number of hydrogen-bond acceptors (Lipinski definition) is 4. The van der Waals surface area contributed by atoms with Gasteiger partial charge >= 0.3 is 85.1 Å². The van der Waals surface area contributed by atoms with Gasteiger partial charge in [0.1, 0.15) is 0 Å². The molecular formula is C4H2F10KNO4S2. The average Bonchev–Trinajstić information content (AvgIpc) is 2.10. The summed E-state index contributed by atoms with van der Waals surface area (Å²) in [7, 11) is -14.2. The molecule has 0 aliphatic rings. The monoisotopic (exact) mass is 421 g/mol. The molecule has 0 amide bonds. The minimum absolute atomic E-state index is 0. The Morgan fingerprint density at radius 3 is 1.27 bits per heavy atom. The average molecular weight is 421 g/mol. The third-order valence-corrected chi connectivity index (χ3v) is 4.27. The van der Waals surface area contributed by atoms with E-state index in [4.69, 9.17) is 0 Å². The third kappa shape index (κ3) is 4.45. The largest absolute Gasteiger partial charge is 1.00 e. The molecule has 0 aromatic rings. The van der Waals surface area contributed by atoms with E-state index in [1.165, 1.54) is 0 Å². The standard InChI is InChI=1S/C4HF10NO4S2.K.H/c5-1(6,3(9,10)11)2(7,8)4(12,13)20(16,17)15-21(14,18)19;;/h15H;;/q;+1;-1. The molecule has 0 saturated heterocycles. The van der Waals surface area contributed by atoms with Gasteiger partial charge in [-0.3, -0.25) is 0 Å². The Hall–Kier alpha value is 0.796. The maximum Gasteiger partial charge on any atom is 1.00 e. The summed E-state index contributed by atoms with van der Waals surface area (Å²) in [6.07, 6.45) is -7.32. The fraction of sp³-hybridized carbons (Fsp3) is 1.00. The SMILES string of the molecule is O=S(=O)(F)NS(=O)(=O)C(F)(F)C(F)(F)C(F)(F)C(F)(F)F.[H-].[K+]. The second-order valence-corrected chi connectivity index (χ2v) is 6.25. The number of rotatable bonds is 5. The first-order valence-electron chi connectivity index (χ1n) is 3.88. The summed E-state index contributed by atoms with van der Waals surface area (Å²) in [5, 5.41) is -7.32. The van der Waals surface area contributed by atoms with E-state index in [9.17, 15) is 60.2 Å². The van der Waals surface area contributed by atoms with Crippen LogP contribution >= 0.6 is 0 Å². The zero-order valence-electron chi connectivity index (χ0n) is 10.7. The number of alkyl halides is 9. The molecule has 0 aromatic carbocycles.